The SMILES string of the molecule is C=CCOCC1CCC([C@H]2CC[C@H](COCC=C)CC2)CC1. The first-order chi connectivity index (χ1) is 10.8. The Hall–Kier alpha value is -0.600. The first-order valence-corrected chi connectivity index (χ1v) is 9.20. The molecule has 0 radical (unpaired) electrons. The first kappa shape index (κ1) is 17.7. The Morgan fingerprint density at radius 1 is 0.636 bits per heavy atom. The molecule has 2 rings (SSSR count). The zero-order valence-corrected chi connectivity index (χ0v) is 14.2. The normalized spacial score (nSPS) is 32.5. The highest BCUT2D eigenvalue weighted by Crippen LogP contribution is 2.41. The van der Waals surface area contributed by atoms with E-state index in [-0.39, 0.29) is 0 Å². The number of ether oxygens (including phenoxy) is 2. The second-order valence-electron chi connectivity index (χ2n) is 7.21. The monoisotopic (exact) mass is 306 g/mol. The average Bonchev–Trinajstić information content (AvgIpc) is 2.57. The Bertz CT molecular complexity index is 278. The highest BCUT2D eigenvalue weighted by molar-refractivity contribution is 4.82. The highest BCUT2D eigenvalue weighted by atomic mass is 16.5. The van der Waals surface area contributed by atoms with Gasteiger partial charge in [0.1, 0.15) is 0 Å². The van der Waals surface area contributed by atoms with Crippen molar-refractivity contribution < 1.29 is 9.47 Å². The largest absolute Gasteiger partial charge is 0.377 e. The fourth-order valence-corrected chi connectivity index (χ4v) is 4.29. The molecule has 2 nitrogen and oxygen atoms in total. The summed E-state index contributed by atoms with van der Waals surface area (Å²) in [6, 6.07) is 0. The molecule has 2 aliphatic carbocycles. The molecule has 2 heteroatoms. The van der Waals surface area contributed by atoms with E-state index in [4.69, 9.17) is 9.47 Å². The van der Waals surface area contributed by atoms with Gasteiger partial charge >= 0.3 is 0 Å². The lowest BCUT2D eigenvalue weighted by atomic mass is 9.69. The smallest absolute Gasteiger partial charge is 0.0644 e. The molecule has 0 heterocycles. The predicted octanol–water partition coefficient (Wildman–Crippen LogP) is 5.00. The fourth-order valence-electron chi connectivity index (χ4n) is 4.29. The molecule has 2 fully saturated rings. The lowest BCUT2D eigenvalue weighted by molar-refractivity contribution is 0.0631. The van der Waals surface area contributed by atoms with Crippen molar-refractivity contribution in [2.75, 3.05) is 26.4 Å². The van der Waals surface area contributed by atoms with Gasteiger partial charge in [0, 0.05) is 13.2 Å². The van der Waals surface area contributed by atoms with Crippen molar-refractivity contribution in [3.05, 3.63) is 25.3 Å². The van der Waals surface area contributed by atoms with E-state index in [1.54, 1.807) is 0 Å². The van der Waals surface area contributed by atoms with Gasteiger partial charge in [0.15, 0.2) is 0 Å². The Labute approximate surface area is 137 Å². The van der Waals surface area contributed by atoms with Crippen LogP contribution in [-0.2, 0) is 9.47 Å². The van der Waals surface area contributed by atoms with Crippen LogP contribution in [-0.4, -0.2) is 26.4 Å². The van der Waals surface area contributed by atoms with Crippen LogP contribution in [0.25, 0.3) is 0 Å². The minimum atomic E-state index is 0.706. The highest BCUT2D eigenvalue weighted by Gasteiger charge is 2.30. The van der Waals surface area contributed by atoms with E-state index in [0.717, 1.165) is 36.9 Å². The second kappa shape index (κ2) is 10.2. The maximum Gasteiger partial charge on any atom is 0.0644 e. The summed E-state index contributed by atoms with van der Waals surface area (Å²) in [6.45, 7) is 10.7. The van der Waals surface area contributed by atoms with E-state index < -0.39 is 0 Å². The van der Waals surface area contributed by atoms with E-state index >= 15 is 0 Å². The van der Waals surface area contributed by atoms with Crippen molar-refractivity contribution >= 4 is 0 Å². The second-order valence-corrected chi connectivity index (χ2v) is 7.21. The predicted molar refractivity (Wildman–Crippen MR) is 92.9 cm³/mol. The van der Waals surface area contributed by atoms with Gasteiger partial charge in [-0.3, -0.25) is 0 Å². The summed E-state index contributed by atoms with van der Waals surface area (Å²) < 4.78 is 11.2. The van der Waals surface area contributed by atoms with Crippen LogP contribution in [0.2, 0.25) is 0 Å². The summed E-state index contributed by atoms with van der Waals surface area (Å²) >= 11 is 0. The minimum absolute atomic E-state index is 0.706. The average molecular weight is 306 g/mol. The van der Waals surface area contributed by atoms with Gasteiger partial charge in [0.25, 0.3) is 0 Å². The van der Waals surface area contributed by atoms with Crippen molar-refractivity contribution in [2.45, 2.75) is 51.4 Å². The van der Waals surface area contributed by atoms with Crippen LogP contribution >= 0.6 is 0 Å². The van der Waals surface area contributed by atoms with Crippen LogP contribution in [0.15, 0.2) is 25.3 Å². The van der Waals surface area contributed by atoms with Crippen molar-refractivity contribution in [1.29, 1.82) is 0 Å². The molecule has 0 bridgehead atoms. The molecule has 0 aliphatic heterocycles. The van der Waals surface area contributed by atoms with E-state index in [2.05, 4.69) is 13.2 Å². The molecule has 0 aromatic carbocycles. The van der Waals surface area contributed by atoms with Crippen LogP contribution in [0.4, 0.5) is 0 Å². The zero-order valence-electron chi connectivity index (χ0n) is 14.2. The third-order valence-electron chi connectivity index (χ3n) is 5.63. The third kappa shape index (κ3) is 5.89. The molecule has 0 aromatic rings. The quantitative estimate of drug-likeness (QED) is 0.440. The molecule has 0 unspecified atom stereocenters. The van der Waals surface area contributed by atoms with Gasteiger partial charge in [0.2, 0.25) is 0 Å². The van der Waals surface area contributed by atoms with Crippen molar-refractivity contribution in [2.24, 2.45) is 23.7 Å². The molecule has 2 saturated carbocycles. The molecule has 0 aromatic heterocycles. The van der Waals surface area contributed by atoms with Crippen LogP contribution in [0, 0.1) is 23.7 Å². The third-order valence-corrected chi connectivity index (χ3v) is 5.63. The summed E-state index contributed by atoms with van der Waals surface area (Å²) in [5.41, 5.74) is 0. The lowest BCUT2D eigenvalue weighted by Gasteiger charge is -2.37. The van der Waals surface area contributed by atoms with E-state index in [1.165, 1.54) is 51.4 Å². The standard InChI is InChI=1S/C20H34O2/c1-3-13-21-15-17-5-9-19(10-6-17)20-11-7-18(8-12-20)16-22-14-4-2/h3-4,17-20H,1-2,5-16H2/t17-,18?,19-,20?. The first-order valence-electron chi connectivity index (χ1n) is 9.20. The summed E-state index contributed by atoms with van der Waals surface area (Å²) in [5, 5.41) is 0. The maximum absolute atomic E-state index is 5.62. The molecular formula is C20H34O2. The number of hydrogen-bond donors (Lipinski definition) is 0. The van der Waals surface area contributed by atoms with Crippen molar-refractivity contribution in [3.63, 3.8) is 0 Å². The number of rotatable bonds is 9. The van der Waals surface area contributed by atoms with Gasteiger partial charge in [-0.1, -0.05) is 12.2 Å². The van der Waals surface area contributed by atoms with Crippen LogP contribution in [0.5, 0.6) is 0 Å². The topological polar surface area (TPSA) is 18.5 Å². The molecule has 126 valence electrons. The molecule has 22 heavy (non-hydrogen) atoms. The van der Waals surface area contributed by atoms with Crippen LogP contribution in [0.3, 0.4) is 0 Å². The van der Waals surface area contributed by atoms with Crippen molar-refractivity contribution in [1.82, 2.24) is 0 Å². The minimum Gasteiger partial charge on any atom is -0.377 e. The fraction of sp³-hybridized carbons (Fsp3) is 0.800. The molecule has 0 saturated heterocycles. The summed E-state index contributed by atoms with van der Waals surface area (Å²) in [6.07, 6.45) is 14.8. The molecule has 0 N–H and O–H groups in total. The van der Waals surface area contributed by atoms with E-state index in [9.17, 15) is 0 Å². The van der Waals surface area contributed by atoms with E-state index in [0.29, 0.717) is 13.2 Å². The Balaban J connectivity index is 1.60. The Kier molecular flexibility index (Phi) is 8.25. The lowest BCUT2D eigenvalue weighted by Crippen LogP contribution is -2.28. The van der Waals surface area contributed by atoms with Gasteiger partial charge in [-0.25, -0.2) is 0 Å². The van der Waals surface area contributed by atoms with Gasteiger partial charge < -0.3 is 9.47 Å². The summed E-state index contributed by atoms with van der Waals surface area (Å²) in [5.74, 6) is 3.54. The number of hydrogen-bond acceptors (Lipinski definition) is 2. The van der Waals surface area contributed by atoms with Gasteiger partial charge in [-0.05, 0) is 75.0 Å². The van der Waals surface area contributed by atoms with Gasteiger partial charge in [-0.2, -0.15) is 0 Å². The van der Waals surface area contributed by atoms with Crippen LogP contribution in [0.1, 0.15) is 51.4 Å². The Morgan fingerprint density at radius 2 is 1.00 bits per heavy atom. The van der Waals surface area contributed by atoms with Crippen molar-refractivity contribution in [3.8, 4) is 0 Å². The molecule has 0 spiro atoms. The molecular weight excluding hydrogens is 272 g/mol. The molecule has 0 amide bonds. The van der Waals surface area contributed by atoms with E-state index in [1.807, 2.05) is 12.2 Å². The van der Waals surface area contributed by atoms with Gasteiger partial charge in [0.05, 0.1) is 13.2 Å². The van der Waals surface area contributed by atoms with Crippen LogP contribution < -0.4 is 0 Å². The maximum atomic E-state index is 5.62. The Morgan fingerprint density at radius 3 is 1.32 bits per heavy atom. The molecule has 0 atom stereocenters. The summed E-state index contributed by atoms with van der Waals surface area (Å²) in [7, 11) is 0. The molecule has 2 aliphatic rings. The van der Waals surface area contributed by atoms with Gasteiger partial charge in [-0.15, -0.1) is 13.2 Å². The summed E-state index contributed by atoms with van der Waals surface area (Å²) in [4.78, 5) is 0. The zero-order chi connectivity index (χ0) is 15.6.